The van der Waals surface area contributed by atoms with Gasteiger partial charge in [-0.3, -0.25) is 4.79 Å². The Morgan fingerprint density at radius 2 is 1.89 bits per heavy atom. The summed E-state index contributed by atoms with van der Waals surface area (Å²) in [5, 5.41) is 4.98. The van der Waals surface area contributed by atoms with Crippen LogP contribution in [0.15, 0.2) is 64.2 Å². The van der Waals surface area contributed by atoms with Gasteiger partial charge in [0, 0.05) is 18.8 Å². The lowest BCUT2D eigenvalue weighted by molar-refractivity contribution is 0.102. The second-order valence-corrected chi connectivity index (χ2v) is 9.96. The number of benzene rings is 2. The van der Waals surface area contributed by atoms with Crippen LogP contribution in [0.1, 0.15) is 21.5 Å². The predicted molar refractivity (Wildman–Crippen MR) is 111 cm³/mol. The van der Waals surface area contributed by atoms with Gasteiger partial charge in [0.25, 0.3) is 15.9 Å². The highest BCUT2D eigenvalue weighted by atomic mass is 35.5. The number of rotatable bonds is 4. The van der Waals surface area contributed by atoms with Crippen molar-refractivity contribution in [2.45, 2.75) is 17.2 Å². The van der Waals surface area contributed by atoms with Gasteiger partial charge in [-0.05, 0) is 53.3 Å². The van der Waals surface area contributed by atoms with E-state index in [-0.39, 0.29) is 12.5 Å². The minimum absolute atomic E-state index is 0.283. The van der Waals surface area contributed by atoms with E-state index in [1.54, 1.807) is 41.8 Å². The third-order valence-corrected chi connectivity index (χ3v) is 8.20. The quantitative estimate of drug-likeness (QED) is 0.664. The van der Waals surface area contributed by atoms with Gasteiger partial charge in [0.1, 0.15) is 4.21 Å². The molecule has 8 heteroatoms. The van der Waals surface area contributed by atoms with Crippen molar-refractivity contribution in [2.75, 3.05) is 11.9 Å². The van der Waals surface area contributed by atoms with Crippen LogP contribution in [0.25, 0.3) is 0 Å². The van der Waals surface area contributed by atoms with Crippen LogP contribution >= 0.6 is 22.9 Å². The Bertz CT molecular complexity index is 1130. The lowest BCUT2D eigenvalue weighted by atomic mass is 10.0. The number of anilines is 1. The molecule has 0 radical (unpaired) electrons. The normalized spacial score (nSPS) is 14.5. The minimum Gasteiger partial charge on any atom is -0.322 e. The maximum absolute atomic E-state index is 12.8. The first-order valence-electron chi connectivity index (χ1n) is 8.66. The maximum atomic E-state index is 12.8. The van der Waals surface area contributed by atoms with E-state index in [9.17, 15) is 13.2 Å². The fourth-order valence-electron chi connectivity index (χ4n) is 3.20. The fraction of sp³-hybridized carbons (Fsp3) is 0.150. The molecule has 1 amide bonds. The molecule has 0 saturated carbocycles. The van der Waals surface area contributed by atoms with E-state index in [2.05, 4.69) is 5.32 Å². The number of thiophene rings is 1. The molecule has 1 N–H and O–H groups in total. The Labute approximate surface area is 172 Å². The average Bonchev–Trinajstić information content (AvgIpc) is 3.23. The number of hydrogen-bond acceptors (Lipinski definition) is 4. The first kappa shape index (κ1) is 19.1. The van der Waals surface area contributed by atoms with Crippen molar-refractivity contribution < 1.29 is 13.2 Å². The molecule has 0 aliphatic carbocycles. The number of fused-ring (bicyclic) bond motifs is 1. The average molecular weight is 433 g/mol. The topological polar surface area (TPSA) is 66.5 Å². The van der Waals surface area contributed by atoms with Crippen molar-refractivity contribution >= 4 is 44.6 Å². The van der Waals surface area contributed by atoms with Gasteiger partial charge in [0.2, 0.25) is 0 Å². The molecule has 0 unspecified atom stereocenters. The van der Waals surface area contributed by atoms with Gasteiger partial charge in [0.15, 0.2) is 0 Å². The Morgan fingerprint density at radius 1 is 1.07 bits per heavy atom. The molecule has 144 valence electrons. The van der Waals surface area contributed by atoms with Crippen molar-refractivity contribution in [3.8, 4) is 0 Å². The fourth-order valence-corrected chi connectivity index (χ4v) is 5.98. The molecule has 28 heavy (non-hydrogen) atoms. The van der Waals surface area contributed by atoms with E-state index in [1.807, 2.05) is 18.2 Å². The molecule has 0 fully saturated rings. The summed E-state index contributed by atoms with van der Waals surface area (Å²) in [6.07, 6.45) is 0.638. The SMILES string of the molecule is O=C(Nc1ccc2c(c1)CN(S(=O)(=O)c1cccs1)CC2)c1ccccc1Cl. The van der Waals surface area contributed by atoms with Gasteiger partial charge in [-0.1, -0.05) is 35.9 Å². The Hall–Kier alpha value is -2.19. The number of amides is 1. The van der Waals surface area contributed by atoms with E-state index in [0.29, 0.717) is 33.4 Å². The lowest BCUT2D eigenvalue weighted by Gasteiger charge is -2.28. The Morgan fingerprint density at radius 3 is 2.64 bits per heavy atom. The molecule has 2 heterocycles. The number of halogens is 1. The summed E-state index contributed by atoms with van der Waals surface area (Å²) < 4.78 is 27.4. The smallest absolute Gasteiger partial charge is 0.257 e. The van der Waals surface area contributed by atoms with Crippen LogP contribution in [-0.2, 0) is 23.0 Å². The monoisotopic (exact) mass is 432 g/mol. The first-order chi connectivity index (χ1) is 13.4. The summed E-state index contributed by atoms with van der Waals surface area (Å²) in [6.45, 7) is 0.726. The van der Waals surface area contributed by atoms with Crippen LogP contribution in [-0.4, -0.2) is 25.2 Å². The van der Waals surface area contributed by atoms with Gasteiger partial charge in [-0.25, -0.2) is 8.42 Å². The second kappa shape index (κ2) is 7.67. The highest BCUT2D eigenvalue weighted by Gasteiger charge is 2.29. The van der Waals surface area contributed by atoms with Gasteiger partial charge in [-0.15, -0.1) is 11.3 Å². The van der Waals surface area contributed by atoms with Gasteiger partial charge >= 0.3 is 0 Å². The van der Waals surface area contributed by atoms with Crippen LogP contribution in [0.5, 0.6) is 0 Å². The zero-order chi connectivity index (χ0) is 19.7. The minimum atomic E-state index is -3.50. The van der Waals surface area contributed by atoms with Gasteiger partial charge in [-0.2, -0.15) is 4.31 Å². The zero-order valence-corrected chi connectivity index (χ0v) is 17.2. The number of carbonyl (C=O) groups excluding carboxylic acids is 1. The Balaban J connectivity index is 1.56. The van der Waals surface area contributed by atoms with E-state index < -0.39 is 10.0 Å². The highest BCUT2D eigenvalue weighted by molar-refractivity contribution is 7.91. The summed E-state index contributed by atoms with van der Waals surface area (Å²) in [5.74, 6) is -0.301. The van der Waals surface area contributed by atoms with Crippen LogP contribution in [0.3, 0.4) is 0 Å². The number of carbonyl (C=O) groups is 1. The van der Waals surface area contributed by atoms with Crippen molar-refractivity contribution in [2.24, 2.45) is 0 Å². The molecule has 0 spiro atoms. The van der Waals surface area contributed by atoms with E-state index in [0.717, 1.165) is 11.1 Å². The van der Waals surface area contributed by atoms with Crippen LogP contribution in [0, 0.1) is 0 Å². The lowest BCUT2D eigenvalue weighted by Crippen LogP contribution is -2.35. The van der Waals surface area contributed by atoms with Crippen molar-refractivity contribution in [3.05, 3.63) is 81.7 Å². The molecule has 0 bridgehead atoms. The molecule has 1 aromatic heterocycles. The first-order valence-corrected chi connectivity index (χ1v) is 11.4. The van der Waals surface area contributed by atoms with Crippen LogP contribution in [0.2, 0.25) is 5.02 Å². The molecular formula is C20H17ClN2O3S2. The molecule has 5 nitrogen and oxygen atoms in total. The van der Waals surface area contributed by atoms with E-state index >= 15 is 0 Å². The molecule has 2 aromatic carbocycles. The molecule has 3 aromatic rings. The van der Waals surface area contributed by atoms with Crippen LogP contribution < -0.4 is 5.32 Å². The van der Waals surface area contributed by atoms with Gasteiger partial charge < -0.3 is 5.32 Å². The third kappa shape index (κ3) is 3.71. The highest BCUT2D eigenvalue weighted by Crippen LogP contribution is 2.29. The molecule has 1 aliphatic rings. The summed E-state index contributed by atoms with van der Waals surface area (Å²) in [5.41, 5.74) is 2.99. The molecule has 1 aliphatic heterocycles. The molecule has 0 atom stereocenters. The number of nitrogens with zero attached hydrogens (tertiary/aromatic N) is 1. The summed E-state index contributed by atoms with van der Waals surface area (Å²) in [6, 6.07) is 15.8. The van der Waals surface area contributed by atoms with Crippen molar-refractivity contribution in [3.63, 3.8) is 0 Å². The number of hydrogen-bond donors (Lipinski definition) is 1. The third-order valence-electron chi connectivity index (χ3n) is 4.65. The largest absolute Gasteiger partial charge is 0.322 e. The maximum Gasteiger partial charge on any atom is 0.257 e. The molecule has 0 saturated heterocycles. The molecule has 4 rings (SSSR count). The Kier molecular flexibility index (Phi) is 5.25. The van der Waals surface area contributed by atoms with Crippen molar-refractivity contribution in [1.82, 2.24) is 4.31 Å². The summed E-state index contributed by atoms with van der Waals surface area (Å²) in [4.78, 5) is 12.5. The zero-order valence-electron chi connectivity index (χ0n) is 14.8. The van der Waals surface area contributed by atoms with Gasteiger partial charge in [0.05, 0.1) is 10.6 Å². The van der Waals surface area contributed by atoms with E-state index in [4.69, 9.17) is 11.6 Å². The van der Waals surface area contributed by atoms with E-state index in [1.165, 1.54) is 15.6 Å². The number of sulfonamides is 1. The summed E-state index contributed by atoms with van der Waals surface area (Å²) >= 11 is 7.30. The standard InChI is InChI=1S/C20H17ClN2O3S2/c21-18-5-2-1-4-17(18)20(24)22-16-8-7-14-9-10-23(13-15(14)12-16)28(25,26)19-6-3-11-27-19/h1-8,11-12H,9-10,13H2,(H,22,24). The number of nitrogens with one attached hydrogen (secondary N) is 1. The van der Waals surface area contributed by atoms with Crippen molar-refractivity contribution in [1.29, 1.82) is 0 Å². The summed E-state index contributed by atoms with van der Waals surface area (Å²) in [7, 11) is -3.50. The molecular weight excluding hydrogens is 416 g/mol. The predicted octanol–water partition coefficient (Wildman–Crippen LogP) is 4.40. The van der Waals surface area contributed by atoms with Crippen LogP contribution in [0.4, 0.5) is 5.69 Å². The second-order valence-electron chi connectivity index (χ2n) is 6.44.